The molecule has 4 nitrogen and oxygen atoms in total. The molecule has 3 rings (SSSR count). The Morgan fingerprint density at radius 2 is 1.73 bits per heavy atom. The first-order valence-electron chi connectivity index (χ1n) is 7.83. The van der Waals surface area contributed by atoms with Crippen molar-refractivity contribution in [3.05, 3.63) is 47.4 Å². The molecule has 1 aromatic carbocycles. The zero-order chi connectivity index (χ0) is 15.5. The molecular weight excluding hydrogens is 276 g/mol. The van der Waals surface area contributed by atoms with E-state index in [1.165, 1.54) is 11.3 Å². The Morgan fingerprint density at radius 3 is 2.27 bits per heavy atom. The average molecular weight is 300 g/mol. The Bertz CT molecular complexity index is 591. The first-order chi connectivity index (χ1) is 10.7. The van der Waals surface area contributed by atoms with Gasteiger partial charge in [0.05, 0.1) is 13.7 Å². The third-order valence-electron chi connectivity index (χ3n) is 4.41. The van der Waals surface area contributed by atoms with E-state index in [2.05, 4.69) is 34.9 Å². The lowest BCUT2D eigenvalue weighted by Crippen LogP contribution is -2.45. The fourth-order valence-electron chi connectivity index (χ4n) is 2.91. The molecular formula is C18H24N2O2. The molecule has 0 saturated carbocycles. The van der Waals surface area contributed by atoms with Gasteiger partial charge in [-0.3, -0.25) is 4.90 Å². The summed E-state index contributed by atoms with van der Waals surface area (Å²) in [5.74, 6) is 3.02. The summed E-state index contributed by atoms with van der Waals surface area (Å²) in [6.45, 7) is 9.25. The first kappa shape index (κ1) is 15.0. The van der Waals surface area contributed by atoms with Gasteiger partial charge in [0, 0.05) is 31.9 Å². The minimum Gasteiger partial charge on any atom is -0.497 e. The largest absolute Gasteiger partial charge is 0.497 e. The monoisotopic (exact) mass is 300 g/mol. The van der Waals surface area contributed by atoms with Crippen molar-refractivity contribution in [2.24, 2.45) is 0 Å². The van der Waals surface area contributed by atoms with Crippen molar-refractivity contribution in [2.75, 3.05) is 38.2 Å². The fraction of sp³-hybridized carbons (Fsp3) is 0.444. The van der Waals surface area contributed by atoms with E-state index in [0.29, 0.717) is 0 Å². The van der Waals surface area contributed by atoms with Crippen molar-refractivity contribution >= 4 is 5.69 Å². The Kier molecular flexibility index (Phi) is 4.39. The summed E-state index contributed by atoms with van der Waals surface area (Å²) in [4.78, 5) is 4.88. The molecule has 22 heavy (non-hydrogen) atoms. The summed E-state index contributed by atoms with van der Waals surface area (Å²) in [6, 6.07) is 10.5. The normalized spacial score (nSPS) is 16.0. The zero-order valence-electron chi connectivity index (χ0n) is 13.6. The Balaban J connectivity index is 1.55. The van der Waals surface area contributed by atoms with Crippen LogP contribution in [0.2, 0.25) is 0 Å². The van der Waals surface area contributed by atoms with Gasteiger partial charge in [-0.2, -0.15) is 0 Å². The number of hydrogen-bond donors (Lipinski definition) is 0. The smallest absolute Gasteiger partial charge is 0.119 e. The highest BCUT2D eigenvalue weighted by Crippen LogP contribution is 2.21. The van der Waals surface area contributed by atoms with Gasteiger partial charge in [-0.25, -0.2) is 0 Å². The maximum Gasteiger partial charge on any atom is 0.119 e. The lowest BCUT2D eigenvalue weighted by molar-refractivity contribution is 0.229. The van der Waals surface area contributed by atoms with Crippen LogP contribution in [0.5, 0.6) is 5.75 Å². The molecule has 2 heterocycles. The second-order valence-electron chi connectivity index (χ2n) is 5.91. The number of benzene rings is 1. The number of piperazine rings is 1. The number of hydrogen-bond acceptors (Lipinski definition) is 4. The standard InChI is InChI=1S/C18H24N2O2/c1-14-12-18(22-15(14)2)13-19-8-10-20(11-9-19)16-4-6-17(21-3)7-5-16/h4-7,12H,8-11,13H2,1-3H3. The molecule has 0 radical (unpaired) electrons. The molecule has 0 spiro atoms. The van der Waals surface area contributed by atoms with Crippen LogP contribution in [0.4, 0.5) is 5.69 Å². The van der Waals surface area contributed by atoms with E-state index in [9.17, 15) is 0 Å². The van der Waals surface area contributed by atoms with Crippen LogP contribution in [-0.2, 0) is 6.54 Å². The van der Waals surface area contributed by atoms with Crippen molar-refractivity contribution in [1.29, 1.82) is 0 Å². The summed E-state index contributed by atoms with van der Waals surface area (Å²) in [7, 11) is 1.70. The van der Waals surface area contributed by atoms with Gasteiger partial charge in [0.1, 0.15) is 17.3 Å². The molecule has 0 amide bonds. The minimum atomic E-state index is 0.908. The van der Waals surface area contributed by atoms with Crippen LogP contribution in [0.1, 0.15) is 17.1 Å². The molecule has 2 aromatic rings. The number of nitrogens with zero attached hydrogens (tertiary/aromatic N) is 2. The van der Waals surface area contributed by atoms with E-state index >= 15 is 0 Å². The Morgan fingerprint density at radius 1 is 1.05 bits per heavy atom. The first-order valence-corrected chi connectivity index (χ1v) is 7.83. The molecule has 0 aliphatic carbocycles. The number of furan rings is 1. The SMILES string of the molecule is COc1ccc(N2CCN(Cc3cc(C)c(C)o3)CC2)cc1. The van der Waals surface area contributed by atoms with Crippen LogP contribution in [0.3, 0.4) is 0 Å². The molecule has 1 fully saturated rings. The van der Waals surface area contributed by atoms with Gasteiger partial charge in [0.25, 0.3) is 0 Å². The number of aryl methyl sites for hydroxylation is 2. The minimum absolute atomic E-state index is 0.908. The average Bonchev–Trinajstić information content (AvgIpc) is 2.86. The summed E-state index contributed by atoms with van der Waals surface area (Å²) in [6.07, 6.45) is 0. The number of methoxy groups -OCH3 is 1. The van der Waals surface area contributed by atoms with E-state index in [4.69, 9.17) is 9.15 Å². The molecule has 118 valence electrons. The van der Waals surface area contributed by atoms with Gasteiger partial charge in [-0.1, -0.05) is 0 Å². The second-order valence-corrected chi connectivity index (χ2v) is 5.91. The molecule has 1 aliphatic heterocycles. The molecule has 1 saturated heterocycles. The summed E-state index contributed by atoms with van der Waals surface area (Å²) < 4.78 is 11.0. The van der Waals surface area contributed by atoms with Gasteiger partial charge in [-0.05, 0) is 49.7 Å². The Hall–Kier alpha value is -1.94. The van der Waals surface area contributed by atoms with Gasteiger partial charge in [0.2, 0.25) is 0 Å². The van der Waals surface area contributed by atoms with Crippen LogP contribution >= 0.6 is 0 Å². The number of anilines is 1. The lowest BCUT2D eigenvalue weighted by atomic mass is 10.2. The highest BCUT2D eigenvalue weighted by molar-refractivity contribution is 5.49. The highest BCUT2D eigenvalue weighted by Gasteiger charge is 2.18. The van der Waals surface area contributed by atoms with Crippen molar-refractivity contribution in [3.8, 4) is 5.75 Å². The summed E-state index contributed by atoms with van der Waals surface area (Å²) >= 11 is 0. The lowest BCUT2D eigenvalue weighted by Gasteiger charge is -2.35. The number of ether oxygens (including phenoxy) is 1. The molecule has 0 atom stereocenters. The van der Waals surface area contributed by atoms with Crippen molar-refractivity contribution in [1.82, 2.24) is 4.90 Å². The van der Waals surface area contributed by atoms with E-state index in [-0.39, 0.29) is 0 Å². The van der Waals surface area contributed by atoms with Gasteiger partial charge in [0.15, 0.2) is 0 Å². The Labute approximate surface area is 132 Å². The van der Waals surface area contributed by atoms with E-state index in [1.807, 2.05) is 19.1 Å². The summed E-state index contributed by atoms with van der Waals surface area (Å²) in [5.41, 5.74) is 2.51. The third-order valence-corrected chi connectivity index (χ3v) is 4.41. The maximum absolute atomic E-state index is 5.78. The van der Waals surface area contributed by atoms with Crippen molar-refractivity contribution < 1.29 is 9.15 Å². The molecule has 0 unspecified atom stereocenters. The van der Waals surface area contributed by atoms with Crippen LogP contribution in [0.15, 0.2) is 34.7 Å². The third kappa shape index (κ3) is 3.28. The van der Waals surface area contributed by atoms with Gasteiger partial charge < -0.3 is 14.1 Å². The zero-order valence-corrected chi connectivity index (χ0v) is 13.6. The highest BCUT2D eigenvalue weighted by atomic mass is 16.5. The fourth-order valence-corrected chi connectivity index (χ4v) is 2.91. The van der Waals surface area contributed by atoms with Crippen LogP contribution < -0.4 is 9.64 Å². The van der Waals surface area contributed by atoms with Gasteiger partial charge >= 0.3 is 0 Å². The van der Waals surface area contributed by atoms with E-state index < -0.39 is 0 Å². The van der Waals surface area contributed by atoms with Gasteiger partial charge in [-0.15, -0.1) is 0 Å². The topological polar surface area (TPSA) is 28.9 Å². The molecule has 1 aromatic heterocycles. The number of rotatable bonds is 4. The molecule has 1 aliphatic rings. The molecule has 0 N–H and O–H groups in total. The maximum atomic E-state index is 5.78. The van der Waals surface area contributed by atoms with E-state index in [0.717, 1.165) is 50.0 Å². The van der Waals surface area contributed by atoms with Crippen molar-refractivity contribution in [3.63, 3.8) is 0 Å². The molecule has 4 heteroatoms. The van der Waals surface area contributed by atoms with Crippen molar-refractivity contribution in [2.45, 2.75) is 20.4 Å². The van der Waals surface area contributed by atoms with Crippen LogP contribution in [0, 0.1) is 13.8 Å². The van der Waals surface area contributed by atoms with E-state index in [1.54, 1.807) is 7.11 Å². The van der Waals surface area contributed by atoms with Crippen LogP contribution in [-0.4, -0.2) is 38.2 Å². The van der Waals surface area contributed by atoms with Crippen LogP contribution in [0.25, 0.3) is 0 Å². The summed E-state index contributed by atoms with van der Waals surface area (Å²) in [5, 5.41) is 0. The quantitative estimate of drug-likeness (QED) is 0.867. The molecule has 0 bridgehead atoms. The predicted molar refractivity (Wildman–Crippen MR) is 88.7 cm³/mol. The second kappa shape index (κ2) is 6.44. The predicted octanol–water partition coefficient (Wildman–Crippen LogP) is 3.23.